The molecule has 0 atom stereocenters. The van der Waals surface area contributed by atoms with Crippen molar-refractivity contribution in [3.8, 4) is 0 Å². The molecule has 3 heteroatoms. The van der Waals surface area contributed by atoms with Crippen molar-refractivity contribution in [2.24, 2.45) is 0 Å². The van der Waals surface area contributed by atoms with Crippen LogP contribution < -0.4 is 5.32 Å². The van der Waals surface area contributed by atoms with Gasteiger partial charge in [-0.25, -0.2) is 0 Å². The Morgan fingerprint density at radius 2 is 1.85 bits per heavy atom. The number of benzene rings is 1. The minimum atomic E-state index is 0.903. The number of rotatable bonds is 5. The van der Waals surface area contributed by atoms with E-state index in [0.29, 0.717) is 0 Å². The Morgan fingerprint density at radius 1 is 1.15 bits per heavy atom. The first-order chi connectivity index (χ1) is 6.33. The van der Waals surface area contributed by atoms with E-state index in [1.54, 1.807) is 0 Å². The number of thiol groups is 1. The van der Waals surface area contributed by atoms with Gasteiger partial charge in [0.2, 0.25) is 0 Å². The fourth-order valence-corrected chi connectivity index (χ4v) is 1.51. The molecule has 0 bridgehead atoms. The van der Waals surface area contributed by atoms with Gasteiger partial charge in [0.05, 0.1) is 0 Å². The zero-order valence-corrected chi connectivity index (χ0v) is 9.94. The first-order valence-electron chi connectivity index (χ1n) is 4.39. The zero-order valence-electron chi connectivity index (χ0n) is 7.46. The van der Waals surface area contributed by atoms with E-state index in [1.165, 1.54) is 5.56 Å². The average Bonchev–Trinajstić information content (AvgIpc) is 2.15. The first-order valence-corrected chi connectivity index (χ1v) is 5.81. The second-order valence-electron chi connectivity index (χ2n) is 2.85. The monoisotopic (exact) mass is 259 g/mol. The summed E-state index contributed by atoms with van der Waals surface area (Å²) in [5.41, 5.74) is 1.37. The molecule has 0 aliphatic carbocycles. The lowest BCUT2D eigenvalue weighted by Crippen LogP contribution is -2.19. The van der Waals surface area contributed by atoms with Gasteiger partial charge in [-0.3, -0.25) is 0 Å². The van der Waals surface area contributed by atoms with Gasteiger partial charge in [-0.15, -0.1) is 0 Å². The molecule has 0 spiro atoms. The molecule has 0 heterocycles. The summed E-state index contributed by atoms with van der Waals surface area (Å²) in [5, 5.41) is 3.31. The first kappa shape index (κ1) is 11.1. The molecule has 0 unspecified atom stereocenters. The normalized spacial score (nSPS) is 10.3. The third-order valence-corrected chi connectivity index (χ3v) is 2.54. The molecule has 72 valence electrons. The van der Waals surface area contributed by atoms with E-state index in [0.717, 1.165) is 29.7 Å². The number of hydrogen-bond donors (Lipinski definition) is 2. The van der Waals surface area contributed by atoms with Gasteiger partial charge in [0.15, 0.2) is 0 Å². The van der Waals surface area contributed by atoms with E-state index in [4.69, 9.17) is 0 Å². The van der Waals surface area contributed by atoms with Gasteiger partial charge in [0.1, 0.15) is 0 Å². The SMILES string of the molecule is SCCNCCc1ccc(Br)cc1. The molecular formula is C10H14BrNS. The highest BCUT2D eigenvalue weighted by molar-refractivity contribution is 9.10. The molecule has 1 nitrogen and oxygen atoms in total. The summed E-state index contributed by atoms with van der Waals surface area (Å²) >= 11 is 7.54. The van der Waals surface area contributed by atoms with Crippen LogP contribution in [-0.4, -0.2) is 18.8 Å². The molecule has 1 rings (SSSR count). The Labute approximate surface area is 93.5 Å². The van der Waals surface area contributed by atoms with Crippen molar-refractivity contribution >= 4 is 28.6 Å². The van der Waals surface area contributed by atoms with Crippen LogP contribution in [0, 0.1) is 0 Å². The highest BCUT2D eigenvalue weighted by Gasteiger charge is 1.92. The fraction of sp³-hybridized carbons (Fsp3) is 0.400. The maximum atomic E-state index is 4.13. The van der Waals surface area contributed by atoms with Crippen molar-refractivity contribution in [3.05, 3.63) is 34.3 Å². The van der Waals surface area contributed by atoms with Gasteiger partial charge in [0, 0.05) is 16.8 Å². The summed E-state index contributed by atoms with van der Waals surface area (Å²) in [6.45, 7) is 2.02. The van der Waals surface area contributed by atoms with E-state index < -0.39 is 0 Å². The van der Waals surface area contributed by atoms with Gasteiger partial charge in [-0.2, -0.15) is 12.6 Å². The Hall–Kier alpha value is 0.01000. The summed E-state index contributed by atoms with van der Waals surface area (Å²) in [6, 6.07) is 8.45. The van der Waals surface area contributed by atoms with Crippen LogP contribution in [0.3, 0.4) is 0 Å². The van der Waals surface area contributed by atoms with Crippen LogP contribution in [0.4, 0.5) is 0 Å². The fourth-order valence-electron chi connectivity index (χ4n) is 1.09. The molecule has 0 aromatic heterocycles. The molecular weight excluding hydrogens is 246 g/mol. The number of nitrogens with one attached hydrogen (secondary N) is 1. The largest absolute Gasteiger partial charge is 0.316 e. The van der Waals surface area contributed by atoms with Gasteiger partial charge in [-0.1, -0.05) is 28.1 Å². The highest BCUT2D eigenvalue weighted by Crippen LogP contribution is 2.10. The second kappa shape index (κ2) is 6.46. The van der Waals surface area contributed by atoms with Crippen LogP contribution >= 0.6 is 28.6 Å². The molecule has 0 saturated heterocycles. The molecule has 0 fully saturated rings. The van der Waals surface area contributed by atoms with E-state index in [1.807, 2.05) is 0 Å². The minimum absolute atomic E-state index is 0.903. The molecule has 0 radical (unpaired) electrons. The van der Waals surface area contributed by atoms with Crippen molar-refractivity contribution in [2.45, 2.75) is 6.42 Å². The molecule has 1 aromatic rings. The van der Waals surface area contributed by atoms with Crippen molar-refractivity contribution in [1.29, 1.82) is 0 Å². The lowest BCUT2D eigenvalue weighted by Gasteiger charge is -2.02. The quantitative estimate of drug-likeness (QED) is 0.612. The van der Waals surface area contributed by atoms with Crippen molar-refractivity contribution in [2.75, 3.05) is 18.8 Å². The lowest BCUT2D eigenvalue weighted by atomic mass is 10.1. The maximum absolute atomic E-state index is 4.13. The third kappa shape index (κ3) is 4.69. The molecule has 0 aliphatic heterocycles. The van der Waals surface area contributed by atoms with Crippen LogP contribution in [0.5, 0.6) is 0 Å². The number of hydrogen-bond acceptors (Lipinski definition) is 2. The Balaban J connectivity index is 2.25. The average molecular weight is 260 g/mol. The smallest absolute Gasteiger partial charge is 0.0175 e. The third-order valence-electron chi connectivity index (χ3n) is 1.79. The second-order valence-corrected chi connectivity index (χ2v) is 4.21. The summed E-state index contributed by atoms with van der Waals surface area (Å²) in [5.74, 6) is 0.903. The highest BCUT2D eigenvalue weighted by atomic mass is 79.9. The molecule has 13 heavy (non-hydrogen) atoms. The van der Waals surface area contributed by atoms with Crippen LogP contribution in [0.2, 0.25) is 0 Å². The summed E-state index contributed by atoms with van der Waals surface area (Å²) < 4.78 is 1.14. The zero-order chi connectivity index (χ0) is 9.52. The number of halogens is 1. The standard InChI is InChI=1S/C10H14BrNS/c11-10-3-1-9(2-4-10)5-6-12-7-8-13/h1-4,12-13H,5-8H2. The molecule has 0 aliphatic rings. The maximum Gasteiger partial charge on any atom is 0.0175 e. The summed E-state index contributed by atoms with van der Waals surface area (Å²) in [6.07, 6.45) is 1.08. The van der Waals surface area contributed by atoms with E-state index >= 15 is 0 Å². The van der Waals surface area contributed by atoms with Crippen LogP contribution in [0.1, 0.15) is 5.56 Å². The van der Waals surface area contributed by atoms with Crippen LogP contribution in [0.15, 0.2) is 28.7 Å². The Kier molecular flexibility index (Phi) is 5.51. The minimum Gasteiger partial charge on any atom is -0.316 e. The Morgan fingerprint density at radius 3 is 2.46 bits per heavy atom. The van der Waals surface area contributed by atoms with Crippen molar-refractivity contribution in [3.63, 3.8) is 0 Å². The van der Waals surface area contributed by atoms with Crippen LogP contribution in [0.25, 0.3) is 0 Å². The molecule has 0 amide bonds. The van der Waals surface area contributed by atoms with E-state index in [2.05, 4.69) is 58.1 Å². The van der Waals surface area contributed by atoms with E-state index in [-0.39, 0.29) is 0 Å². The van der Waals surface area contributed by atoms with Gasteiger partial charge >= 0.3 is 0 Å². The van der Waals surface area contributed by atoms with Gasteiger partial charge < -0.3 is 5.32 Å². The van der Waals surface area contributed by atoms with E-state index in [9.17, 15) is 0 Å². The molecule has 1 N–H and O–H groups in total. The molecule has 1 aromatic carbocycles. The van der Waals surface area contributed by atoms with Gasteiger partial charge in [-0.05, 0) is 30.7 Å². The summed E-state index contributed by atoms with van der Waals surface area (Å²) in [7, 11) is 0. The Bertz CT molecular complexity index is 235. The predicted molar refractivity (Wildman–Crippen MR) is 64.6 cm³/mol. The predicted octanol–water partition coefficient (Wildman–Crippen LogP) is 2.51. The van der Waals surface area contributed by atoms with Crippen molar-refractivity contribution < 1.29 is 0 Å². The molecule has 0 saturated carbocycles. The lowest BCUT2D eigenvalue weighted by molar-refractivity contribution is 0.722. The van der Waals surface area contributed by atoms with Crippen molar-refractivity contribution in [1.82, 2.24) is 5.32 Å². The van der Waals surface area contributed by atoms with Crippen LogP contribution in [-0.2, 0) is 6.42 Å². The van der Waals surface area contributed by atoms with Gasteiger partial charge in [0.25, 0.3) is 0 Å². The summed E-state index contributed by atoms with van der Waals surface area (Å²) in [4.78, 5) is 0. The topological polar surface area (TPSA) is 12.0 Å².